The van der Waals surface area contributed by atoms with Gasteiger partial charge in [0.1, 0.15) is 11.6 Å². The van der Waals surface area contributed by atoms with E-state index in [-0.39, 0.29) is 5.82 Å². The molecule has 1 aromatic rings. The average molecular weight is 293 g/mol. The molecule has 0 saturated carbocycles. The van der Waals surface area contributed by atoms with Crippen molar-refractivity contribution in [2.45, 2.75) is 59.0 Å². The second kappa shape index (κ2) is 7.74. The van der Waals surface area contributed by atoms with E-state index in [4.69, 9.17) is 0 Å². The zero-order valence-corrected chi connectivity index (χ0v) is 13.5. The smallest absolute Gasteiger partial charge is 0.141 e. The lowest BCUT2D eigenvalue weighted by Gasteiger charge is -2.25. The predicted octanol–water partition coefficient (Wildman–Crippen LogP) is 3.74. The van der Waals surface area contributed by atoms with Crippen LogP contribution in [0.4, 0.5) is 10.2 Å². The fraction of sp³-hybridized carbons (Fsp3) is 0.706. The van der Waals surface area contributed by atoms with Crippen molar-refractivity contribution in [3.63, 3.8) is 0 Å². The molecule has 1 fully saturated rings. The summed E-state index contributed by atoms with van der Waals surface area (Å²) in [6.45, 7) is 9.21. The Kier molecular flexibility index (Phi) is 5.97. The fourth-order valence-electron chi connectivity index (χ4n) is 2.99. The number of nitrogens with zero attached hydrogens (tertiary/aromatic N) is 2. The van der Waals surface area contributed by atoms with Gasteiger partial charge in [0.05, 0.1) is 6.20 Å². The van der Waals surface area contributed by atoms with Crippen molar-refractivity contribution in [3.8, 4) is 0 Å². The molecule has 21 heavy (non-hydrogen) atoms. The first-order valence-corrected chi connectivity index (χ1v) is 8.23. The summed E-state index contributed by atoms with van der Waals surface area (Å²) in [7, 11) is 0. The molecule has 2 heterocycles. The number of pyridine rings is 1. The molecular formula is C17H28FN3. The number of aromatic nitrogens is 1. The molecule has 1 aromatic heterocycles. The monoisotopic (exact) mass is 293 g/mol. The summed E-state index contributed by atoms with van der Waals surface area (Å²) in [6, 6.07) is 2.01. The minimum Gasteiger partial charge on any atom is -0.356 e. The number of hydrogen-bond donors (Lipinski definition) is 1. The molecular weight excluding hydrogens is 265 g/mol. The van der Waals surface area contributed by atoms with Crippen LogP contribution in [0.3, 0.4) is 0 Å². The standard InChI is InChI=1S/C17H28FN3/c1-4-14-6-5-8-21(9-7-14)17-15(11-19-13(2)3)10-16(18)12-20-17/h10,12-14,19H,4-9,11H2,1-3H3. The molecule has 3 nitrogen and oxygen atoms in total. The van der Waals surface area contributed by atoms with Gasteiger partial charge in [-0.25, -0.2) is 9.37 Å². The van der Waals surface area contributed by atoms with Crippen LogP contribution < -0.4 is 10.2 Å². The minimum absolute atomic E-state index is 0.249. The Labute approximate surface area is 127 Å². The van der Waals surface area contributed by atoms with Crippen LogP contribution in [0.1, 0.15) is 52.0 Å². The Morgan fingerprint density at radius 2 is 2.19 bits per heavy atom. The first-order chi connectivity index (χ1) is 10.1. The van der Waals surface area contributed by atoms with E-state index in [9.17, 15) is 4.39 Å². The first kappa shape index (κ1) is 16.2. The minimum atomic E-state index is -0.249. The van der Waals surface area contributed by atoms with Crippen molar-refractivity contribution in [1.82, 2.24) is 10.3 Å². The summed E-state index contributed by atoms with van der Waals surface area (Å²) in [5.74, 6) is 1.54. The maximum absolute atomic E-state index is 13.5. The fourth-order valence-corrected chi connectivity index (χ4v) is 2.99. The highest BCUT2D eigenvalue weighted by atomic mass is 19.1. The van der Waals surface area contributed by atoms with Gasteiger partial charge >= 0.3 is 0 Å². The Balaban J connectivity index is 2.13. The third kappa shape index (κ3) is 4.67. The van der Waals surface area contributed by atoms with Crippen LogP contribution in [0.25, 0.3) is 0 Å². The molecule has 1 unspecified atom stereocenters. The van der Waals surface area contributed by atoms with Crippen LogP contribution in [0.15, 0.2) is 12.3 Å². The molecule has 4 heteroatoms. The average Bonchev–Trinajstić information content (AvgIpc) is 2.70. The van der Waals surface area contributed by atoms with Gasteiger partial charge in [0, 0.05) is 31.2 Å². The second-order valence-corrected chi connectivity index (χ2v) is 6.36. The van der Waals surface area contributed by atoms with Gasteiger partial charge < -0.3 is 10.2 Å². The molecule has 1 saturated heterocycles. The molecule has 0 bridgehead atoms. The van der Waals surface area contributed by atoms with Crippen molar-refractivity contribution in [2.75, 3.05) is 18.0 Å². The molecule has 1 aliphatic rings. The second-order valence-electron chi connectivity index (χ2n) is 6.36. The van der Waals surface area contributed by atoms with E-state index >= 15 is 0 Å². The van der Waals surface area contributed by atoms with E-state index in [0.717, 1.165) is 30.4 Å². The highest BCUT2D eigenvalue weighted by molar-refractivity contribution is 5.47. The summed E-state index contributed by atoms with van der Waals surface area (Å²) in [5, 5.41) is 3.37. The quantitative estimate of drug-likeness (QED) is 0.896. The third-order valence-corrected chi connectivity index (χ3v) is 4.33. The molecule has 2 rings (SSSR count). The van der Waals surface area contributed by atoms with Crippen LogP contribution in [-0.4, -0.2) is 24.1 Å². The van der Waals surface area contributed by atoms with E-state index in [2.05, 4.69) is 36.0 Å². The third-order valence-electron chi connectivity index (χ3n) is 4.33. The van der Waals surface area contributed by atoms with Crippen LogP contribution >= 0.6 is 0 Å². The van der Waals surface area contributed by atoms with E-state index < -0.39 is 0 Å². The van der Waals surface area contributed by atoms with Crippen LogP contribution in [0, 0.1) is 11.7 Å². The van der Waals surface area contributed by atoms with Gasteiger partial charge in [-0.1, -0.05) is 27.2 Å². The first-order valence-electron chi connectivity index (χ1n) is 8.23. The number of halogens is 1. The summed E-state index contributed by atoms with van der Waals surface area (Å²) < 4.78 is 13.5. The van der Waals surface area contributed by atoms with Gasteiger partial charge in [0.2, 0.25) is 0 Å². The maximum Gasteiger partial charge on any atom is 0.141 e. The number of rotatable bonds is 5. The summed E-state index contributed by atoms with van der Waals surface area (Å²) in [5.41, 5.74) is 0.971. The van der Waals surface area contributed by atoms with Crippen LogP contribution in [0.2, 0.25) is 0 Å². The molecule has 1 N–H and O–H groups in total. The maximum atomic E-state index is 13.5. The zero-order chi connectivity index (χ0) is 15.2. The molecule has 0 spiro atoms. The molecule has 118 valence electrons. The van der Waals surface area contributed by atoms with Crippen molar-refractivity contribution in [1.29, 1.82) is 0 Å². The normalized spacial score (nSPS) is 19.9. The topological polar surface area (TPSA) is 28.2 Å². The van der Waals surface area contributed by atoms with Gasteiger partial charge in [0.15, 0.2) is 0 Å². The van der Waals surface area contributed by atoms with Crippen molar-refractivity contribution < 1.29 is 4.39 Å². The van der Waals surface area contributed by atoms with Crippen LogP contribution in [-0.2, 0) is 6.54 Å². The Hall–Kier alpha value is -1.16. The molecule has 0 aliphatic carbocycles. The number of anilines is 1. The van der Waals surface area contributed by atoms with E-state index in [1.54, 1.807) is 6.07 Å². The molecule has 0 amide bonds. The van der Waals surface area contributed by atoms with Crippen molar-refractivity contribution in [2.24, 2.45) is 5.92 Å². The van der Waals surface area contributed by atoms with Gasteiger partial charge in [-0.2, -0.15) is 0 Å². The van der Waals surface area contributed by atoms with Crippen LogP contribution in [0.5, 0.6) is 0 Å². The largest absolute Gasteiger partial charge is 0.356 e. The highest BCUT2D eigenvalue weighted by Crippen LogP contribution is 2.26. The SMILES string of the molecule is CCC1CCCN(c2ncc(F)cc2CNC(C)C)CC1. The van der Waals surface area contributed by atoms with E-state index in [0.29, 0.717) is 12.6 Å². The lowest BCUT2D eigenvalue weighted by Crippen LogP contribution is -2.29. The summed E-state index contributed by atoms with van der Waals surface area (Å²) in [4.78, 5) is 6.72. The highest BCUT2D eigenvalue weighted by Gasteiger charge is 2.19. The van der Waals surface area contributed by atoms with Crippen molar-refractivity contribution >= 4 is 5.82 Å². The van der Waals surface area contributed by atoms with Gasteiger partial charge in [-0.15, -0.1) is 0 Å². The van der Waals surface area contributed by atoms with Crippen molar-refractivity contribution in [3.05, 3.63) is 23.6 Å². The molecule has 0 aromatic carbocycles. The van der Waals surface area contributed by atoms with Gasteiger partial charge in [-0.05, 0) is 31.2 Å². The van der Waals surface area contributed by atoms with Gasteiger partial charge in [0.25, 0.3) is 0 Å². The Morgan fingerprint density at radius 3 is 2.90 bits per heavy atom. The molecule has 1 atom stereocenters. The number of hydrogen-bond acceptors (Lipinski definition) is 3. The van der Waals surface area contributed by atoms with E-state index in [1.807, 2.05) is 0 Å². The van der Waals surface area contributed by atoms with E-state index in [1.165, 1.54) is 31.9 Å². The lowest BCUT2D eigenvalue weighted by molar-refractivity contribution is 0.459. The predicted molar refractivity (Wildman–Crippen MR) is 86.0 cm³/mol. The number of nitrogens with one attached hydrogen (secondary N) is 1. The van der Waals surface area contributed by atoms with Gasteiger partial charge in [-0.3, -0.25) is 0 Å². The zero-order valence-electron chi connectivity index (χ0n) is 13.5. The summed E-state index contributed by atoms with van der Waals surface area (Å²) in [6.07, 6.45) is 6.32. The molecule has 1 aliphatic heterocycles. The Morgan fingerprint density at radius 1 is 1.38 bits per heavy atom. The Bertz CT molecular complexity index is 448. The lowest BCUT2D eigenvalue weighted by atomic mass is 9.98. The summed E-state index contributed by atoms with van der Waals surface area (Å²) >= 11 is 0. The molecule has 0 radical (unpaired) electrons.